The molecule has 82 valence electrons. The molecule has 1 aliphatic carbocycles. The zero-order valence-corrected chi connectivity index (χ0v) is 8.66. The van der Waals surface area contributed by atoms with Crippen LogP contribution in [0.1, 0.15) is 18.4 Å². The van der Waals surface area contributed by atoms with E-state index >= 15 is 0 Å². The van der Waals surface area contributed by atoms with E-state index in [1.807, 2.05) is 6.07 Å². The van der Waals surface area contributed by atoms with Gasteiger partial charge in [-0.1, -0.05) is 18.2 Å². The van der Waals surface area contributed by atoms with Gasteiger partial charge in [-0.3, -0.25) is 0 Å². The Kier molecular flexibility index (Phi) is 3.34. The molecule has 2 N–H and O–H groups in total. The average molecular weight is 209 g/mol. The molecule has 1 aliphatic rings. The molecule has 0 radical (unpaired) electrons. The van der Waals surface area contributed by atoms with Crippen LogP contribution in [0.2, 0.25) is 0 Å². The summed E-state index contributed by atoms with van der Waals surface area (Å²) in [7, 11) is 0. The maximum atomic E-state index is 13.2. The Morgan fingerprint density at radius 2 is 2.07 bits per heavy atom. The molecule has 0 saturated heterocycles. The summed E-state index contributed by atoms with van der Waals surface area (Å²) in [4.78, 5) is 0. The van der Waals surface area contributed by atoms with E-state index in [-0.39, 0.29) is 11.9 Å². The number of nitrogens with two attached hydrogens (primary N) is 1. The van der Waals surface area contributed by atoms with Crippen molar-refractivity contribution >= 4 is 0 Å². The van der Waals surface area contributed by atoms with Crippen LogP contribution in [0.4, 0.5) is 4.39 Å². The zero-order chi connectivity index (χ0) is 10.7. The van der Waals surface area contributed by atoms with Gasteiger partial charge in [0, 0.05) is 5.56 Å². The van der Waals surface area contributed by atoms with Crippen molar-refractivity contribution in [3.63, 3.8) is 0 Å². The van der Waals surface area contributed by atoms with Crippen LogP contribution in [-0.4, -0.2) is 12.6 Å². The Morgan fingerprint density at radius 1 is 1.33 bits per heavy atom. The smallest absolute Gasteiger partial charge is 0.128 e. The van der Waals surface area contributed by atoms with Gasteiger partial charge < -0.3 is 10.5 Å². The quantitative estimate of drug-likeness (QED) is 0.824. The zero-order valence-electron chi connectivity index (χ0n) is 8.66. The minimum absolute atomic E-state index is 0.188. The van der Waals surface area contributed by atoms with E-state index in [0.29, 0.717) is 18.1 Å². The fourth-order valence-corrected chi connectivity index (χ4v) is 1.83. The molecule has 0 heterocycles. The molecule has 2 rings (SSSR count). The first-order chi connectivity index (χ1) is 7.29. The van der Waals surface area contributed by atoms with Crippen LogP contribution in [-0.2, 0) is 11.3 Å². The van der Waals surface area contributed by atoms with Crippen LogP contribution < -0.4 is 5.73 Å². The molecule has 1 fully saturated rings. The van der Waals surface area contributed by atoms with Crippen molar-refractivity contribution in [2.75, 3.05) is 6.54 Å². The molecule has 0 bridgehead atoms. The maximum Gasteiger partial charge on any atom is 0.128 e. The average Bonchev–Trinajstić information content (AvgIpc) is 2.18. The van der Waals surface area contributed by atoms with E-state index in [4.69, 9.17) is 10.5 Å². The standard InChI is InChI=1S/C12H16FNO/c13-12-4-2-1-3-10(12)8-15-11-5-9(6-11)7-14/h1-4,9,11H,5-8,14H2. The number of hydrogen-bond acceptors (Lipinski definition) is 2. The van der Waals surface area contributed by atoms with Crippen molar-refractivity contribution in [2.45, 2.75) is 25.6 Å². The summed E-state index contributed by atoms with van der Waals surface area (Å²) in [6.45, 7) is 1.11. The van der Waals surface area contributed by atoms with E-state index in [0.717, 1.165) is 19.4 Å². The third-order valence-corrected chi connectivity index (χ3v) is 2.96. The normalized spacial score (nSPS) is 24.9. The molecule has 0 atom stereocenters. The number of hydrogen-bond donors (Lipinski definition) is 1. The summed E-state index contributed by atoms with van der Waals surface area (Å²) in [5, 5.41) is 0. The first-order valence-electron chi connectivity index (χ1n) is 5.34. The molecule has 15 heavy (non-hydrogen) atoms. The molecule has 0 aliphatic heterocycles. The molecule has 1 saturated carbocycles. The third-order valence-electron chi connectivity index (χ3n) is 2.96. The molecular weight excluding hydrogens is 193 g/mol. The summed E-state index contributed by atoms with van der Waals surface area (Å²) in [5.41, 5.74) is 6.14. The van der Waals surface area contributed by atoms with Crippen LogP contribution in [0, 0.1) is 11.7 Å². The predicted octanol–water partition coefficient (Wildman–Crippen LogP) is 2.08. The van der Waals surface area contributed by atoms with Crippen LogP contribution in [0.5, 0.6) is 0 Å². The molecule has 1 aromatic rings. The second-order valence-electron chi connectivity index (χ2n) is 4.10. The lowest BCUT2D eigenvalue weighted by molar-refractivity contribution is -0.0384. The number of ether oxygens (including phenoxy) is 1. The van der Waals surface area contributed by atoms with Crippen molar-refractivity contribution < 1.29 is 9.13 Å². The molecule has 0 spiro atoms. The first-order valence-corrected chi connectivity index (χ1v) is 5.34. The molecule has 2 nitrogen and oxygen atoms in total. The molecular formula is C12H16FNO. The minimum Gasteiger partial charge on any atom is -0.373 e. The Balaban J connectivity index is 1.77. The highest BCUT2D eigenvalue weighted by molar-refractivity contribution is 5.16. The van der Waals surface area contributed by atoms with E-state index in [9.17, 15) is 4.39 Å². The largest absolute Gasteiger partial charge is 0.373 e. The van der Waals surface area contributed by atoms with Gasteiger partial charge in [0.2, 0.25) is 0 Å². The Bertz CT molecular complexity index is 323. The fourth-order valence-electron chi connectivity index (χ4n) is 1.83. The van der Waals surface area contributed by atoms with Crippen LogP contribution >= 0.6 is 0 Å². The summed E-state index contributed by atoms with van der Waals surface area (Å²) in [6, 6.07) is 6.73. The Hall–Kier alpha value is -0.930. The van der Waals surface area contributed by atoms with Gasteiger partial charge in [-0.05, 0) is 31.4 Å². The maximum absolute atomic E-state index is 13.2. The van der Waals surface area contributed by atoms with Gasteiger partial charge in [-0.2, -0.15) is 0 Å². The van der Waals surface area contributed by atoms with E-state index < -0.39 is 0 Å². The number of benzene rings is 1. The third kappa shape index (κ3) is 2.55. The van der Waals surface area contributed by atoms with Crippen molar-refractivity contribution in [3.8, 4) is 0 Å². The summed E-state index contributed by atoms with van der Waals surface area (Å²) in [6.07, 6.45) is 2.31. The summed E-state index contributed by atoms with van der Waals surface area (Å²) < 4.78 is 18.8. The highest BCUT2D eigenvalue weighted by Gasteiger charge is 2.28. The molecule has 0 aromatic heterocycles. The topological polar surface area (TPSA) is 35.2 Å². The van der Waals surface area contributed by atoms with Gasteiger partial charge in [0.1, 0.15) is 5.82 Å². The van der Waals surface area contributed by atoms with Gasteiger partial charge >= 0.3 is 0 Å². The molecule has 3 heteroatoms. The Morgan fingerprint density at radius 3 is 2.73 bits per heavy atom. The van der Waals surface area contributed by atoms with Crippen molar-refractivity contribution in [1.29, 1.82) is 0 Å². The molecule has 1 aromatic carbocycles. The number of rotatable bonds is 4. The van der Waals surface area contributed by atoms with E-state index in [1.165, 1.54) is 6.07 Å². The lowest BCUT2D eigenvalue weighted by Gasteiger charge is -2.34. The lowest BCUT2D eigenvalue weighted by atomic mass is 9.82. The second-order valence-corrected chi connectivity index (χ2v) is 4.10. The molecule has 0 amide bonds. The van der Waals surface area contributed by atoms with E-state index in [1.54, 1.807) is 12.1 Å². The monoisotopic (exact) mass is 209 g/mol. The van der Waals surface area contributed by atoms with Crippen molar-refractivity contribution in [1.82, 2.24) is 0 Å². The summed E-state index contributed by atoms with van der Waals surface area (Å²) in [5.74, 6) is 0.419. The summed E-state index contributed by atoms with van der Waals surface area (Å²) >= 11 is 0. The van der Waals surface area contributed by atoms with Gasteiger partial charge in [-0.25, -0.2) is 4.39 Å². The van der Waals surface area contributed by atoms with Gasteiger partial charge in [0.05, 0.1) is 12.7 Å². The number of halogens is 1. The predicted molar refractivity (Wildman–Crippen MR) is 56.8 cm³/mol. The first kappa shape index (κ1) is 10.6. The van der Waals surface area contributed by atoms with Crippen molar-refractivity contribution in [3.05, 3.63) is 35.6 Å². The highest BCUT2D eigenvalue weighted by atomic mass is 19.1. The van der Waals surface area contributed by atoms with Crippen LogP contribution in [0.25, 0.3) is 0 Å². The van der Waals surface area contributed by atoms with E-state index in [2.05, 4.69) is 0 Å². The SMILES string of the molecule is NCC1CC(OCc2ccccc2F)C1. The highest BCUT2D eigenvalue weighted by Crippen LogP contribution is 2.29. The Labute approximate surface area is 89.2 Å². The second kappa shape index (κ2) is 4.73. The van der Waals surface area contributed by atoms with Gasteiger partial charge in [-0.15, -0.1) is 0 Å². The van der Waals surface area contributed by atoms with Crippen LogP contribution in [0.3, 0.4) is 0 Å². The minimum atomic E-state index is -0.188. The van der Waals surface area contributed by atoms with Crippen molar-refractivity contribution in [2.24, 2.45) is 11.7 Å². The van der Waals surface area contributed by atoms with Crippen LogP contribution in [0.15, 0.2) is 24.3 Å². The van der Waals surface area contributed by atoms with Gasteiger partial charge in [0.25, 0.3) is 0 Å². The van der Waals surface area contributed by atoms with Gasteiger partial charge in [0.15, 0.2) is 0 Å². The fraction of sp³-hybridized carbons (Fsp3) is 0.500. The molecule has 0 unspecified atom stereocenters. The lowest BCUT2D eigenvalue weighted by Crippen LogP contribution is -2.35.